The van der Waals surface area contributed by atoms with Crippen LogP contribution in [0.1, 0.15) is 34.8 Å². The van der Waals surface area contributed by atoms with Crippen LogP contribution in [0.2, 0.25) is 0 Å². The van der Waals surface area contributed by atoms with Crippen molar-refractivity contribution in [1.82, 2.24) is 0 Å². The number of cyclic esters (lactones) is 1. The van der Waals surface area contributed by atoms with Crippen LogP contribution in [0.3, 0.4) is 0 Å². The first-order valence-corrected chi connectivity index (χ1v) is 9.01. The second-order valence-corrected chi connectivity index (χ2v) is 7.15. The van der Waals surface area contributed by atoms with E-state index in [-0.39, 0.29) is 18.2 Å². The van der Waals surface area contributed by atoms with Crippen LogP contribution in [0.15, 0.2) is 91.0 Å². The number of ether oxygens (including phenoxy) is 1. The zero-order valence-corrected chi connectivity index (χ0v) is 15.1. The first kappa shape index (κ1) is 17.2. The Bertz CT molecular complexity index is 966. The lowest BCUT2D eigenvalue weighted by Crippen LogP contribution is -2.36. The molecule has 0 bridgehead atoms. The second-order valence-electron chi connectivity index (χ2n) is 7.15. The van der Waals surface area contributed by atoms with Gasteiger partial charge in [-0.1, -0.05) is 91.0 Å². The Morgan fingerprint density at radius 3 is 1.81 bits per heavy atom. The van der Waals surface area contributed by atoms with Crippen molar-refractivity contribution in [2.24, 2.45) is 0 Å². The Balaban J connectivity index is 1.86. The quantitative estimate of drug-likeness (QED) is 0.504. The third-order valence-electron chi connectivity index (χ3n) is 5.37. The molecule has 1 aliphatic rings. The van der Waals surface area contributed by atoms with Crippen molar-refractivity contribution in [2.75, 3.05) is 0 Å². The van der Waals surface area contributed by atoms with E-state index in [0.29, 0.717) is 11.1 Å². The highest BCUT2D eigenvalue weighted by Gasteiger charge is 2.59. The first-order valence-electron chi connectivity index (χ1n) is 9.01. The summed E-state index contributed by atoms with van der Waals surface area (Å²) in [5.74, 6) is -0.566. The van der Waals surface area contributed by atoms with Gasteiger partial charge in [0.05, 0.1) is 5.41 Å². The van der Waals surface area contributed by atoms with E-state index in [1.54, 1.807) is 12.1 Å². The van der Waals surface area contributed by atoms with Crippen molar-refractivity contribution in [3.8, 4) is 0 Å². The number of hydrogen-bond donors (Lipinski definition) is 0. The van der Waals surface area contributed by atoms with Gasteiger partial charge in [-0.05, 0) is 12.5 Å². The average molecular weight is 356 g/mol. The maximum atomic E-state index is 13.6. The number of benzene rings is 3. The molecule has 0 radical (unpaired) electrons. The molecule has 0 unspecified atom stereocenters. The highest BCUT2D eigenvalue weighted by molar-refractivity contribution is 6.06. The summed E-state index contributed by atoms with van der Waals surface area (Å²) < 4.78 is 5.93. The van der Waals surface area contributed by atoms with E-state index in [4.69, 9.17) is 4.74 Å². The fourth-order valence-electron chi connectivity index (χ4n) is 3.85. The van der Waals surface area contributed by atoms with Crippen molar-refractivity contribution in [2.45, 2.75) is 24.4 Å². The summed E-state index contributed by atoms with van der Waals surface area (Å²) in [7, 11) is 0. The molecule has 0 aliphatic carbocycles. The topological polar surface area (TPSA) is 43.4 Å². The standard InChI is InChI=1S/C24H20O3/c1-23(19-13-7-3-8-14-19)17-24(27-22(23)26,20-15-9-4-10-16-20)21(25)18-11-5-2-6-12-18/h2-16H,17H2,1H3/t23-,24-/m1/s1. The SMILES string of the molecule is C[C@]1(c2ccccc2)C[C@](C(=O)c2ccccc2)(c2ccccc2)OC1=O. The minimum atomic E-state index is -1.33. The van der Waals surface area contributed by atoms with Gasteiger partial charge in [0.1, 0.15) is 0 Å². The molecule has 4 rings (SSSR count). The zero-order chi connectivity index (χ0) is 18.9. The molecule has 1 fully saturated rings. The van der Waals surface area contributed by atoms with Crippen LogP contribution in [0, 0.1) is 0 Å². The van der Waals surface area contributed by atoms with Gasteiger partial charge in [-0.2, -0.15) is 0 Å². The van der Waals surface area contributed by atoms with E-state index in [1.807, 2.05) is 85.8 Å². The third-order valence-corrected chi connectivity index (χ3v) is 5.37. The maximum Gasteiger partial charge on any atom is 0.317 e. The van der Waals surface area contributed by atoms with Crippen LogP contribution < -0.4 is 0 Å². The predicted molar refractivity (Wildman–Crippen MR) is 103 cm³/mol. The molecule has 0 aromatic heterocycles. The average Bonchev–Trinajstić information content (AvgIpc) is 3.02. The molecule has 0 spiro atoms. The zero-order valence-electron chi connectivity index (χ0n) is 15.1. The molecule has 2 atom stereocenters. The lowest BCUT2D eigenvalue weighted by atomic mass is 9.72. The van der Waals surface area contributed by atoms with Gasteiger partial charge in [0.15, 0.2) is 0 Å². The van der Waals surface area contributed by atoms with Gasteiger partial charge in [0.2, 0.25) is 11.4 Å². The number of ketones is 1. The molecule has 0 saturated carbocycles. The fraction of sp³-hybridized carbons (Fsp3) is 0.167. The summed E-state index contributed by atoms with van der Waals surface area (Å²) >= 11 is 0. The molecule has 1 heterocycles. The van der Waals surface area contributed by atoms with Gasteiger partial charge >= 0.3 is 5.97 Å². The van der Waals surface area contributed by atoms with Crippen molar-refractivity contribution >= 4 is 11.8 Å². The molecule has 3 nitrogen and oxygen atoms in total. The predicted octanol–water partition coefficient (Wildman–Crippen LogP) is 4.67. The monoisotopic (exact) mass is 356 g/mol. The molecule has 3 aromatic carbocycles. The molecular formula is C24H20O3. The molecule has 134 valence electrons. The van der Waals surface area contributed by atoms with E-state index in [1.165, 1.54) is 0 Å². The Morgan fingerprint density at radius 1 is 0.778 bits per heavy atom. The highest BCUT2D eigenvalue weighted by Crippen LogP contribution is 2.49. The Morgan fingerprint density at radius 2 is 1.26 bits per heavy atom. The van der Waals surface area contributed by atoms with E-state index in [2.05, 4.69) is 0 Å². The maximum absolute atomic E-state index is 13.6. The van der Waals surface area contributed by atoms with Gasteiger partial charge in [0.25, 0.3) is 0 Å². The first-order chi connectivity index (χ1) is 13.1. The van der Waals surface area contributed by atoms with E-state index < -0.39 is 11.0 Å². The molecule has 27 heavy (non-hydrogen) atoms. The molecular weight excluding hydrogens is 336 g/mol. The van der Waals surface area contributed by atoms with Crippen LogP contribution in [0.4, 0.5) is 0 Å². The Labute approximate surface area is 158 Å². The Kier molecular flexibility index (Phi) is 4.15. The number of carbonyl (C=O) groups is 2. The summed E-state index contributed by atoms with van der Waals surface area (Å²) in [6, 6.07) is 27.9. The highest BCUT2D eigenvalue weighted by atomic mass is 16.6. The van der Waals surface area contributed by atoms with Crippen molar-refractivity contribution in [1.29, 1.82) is 0 Å². The number of Topliss-reactive ketones (excluding diaryl/α,β-unsaturated/α-hetero) is 1. The molecule has 3 aromatic rings. The largest absolute Gasteiger partial charge is 0.445 e. The molecule has 3 heteroatoms. The van der Waals surface area contributed by atoms with E-state index in [0.717, 1.165) is 5.56 Å². The number of hydrogen-bond acceptors (Lipinski definition) is 3. The van der Waals surface area contributed by atoms with Gasteiger partial charge in [-0.15, -0.1) is 0 Å². The summed E-state index contributed by atoms with van der Waals surface area (Å²) in [4.78, 5) is 26.6. The summed E-state index contributed by atoms with van der Waals surface area (Å²) in [6.45, 7) is 1.85. The normalized spacial score (nSPS) is 24.4. The van der Waals surface area contributed by atoms with Crippen LogP contribution in [0.5, 0.6) is 0 Å². The summed E-state index contributed by atoms with van der Waals surface area (Å²) in [5, 5.41) is 0. The van der Waals surface area contributed by atoms with Crippen LogP contribution in [0.25, 0.3) is 0 Å². The van der Waals surface area contributed by atoms with Gasteiger partial charge in [0, 0.05) is 17.5 Å². The minimum Gasteiger partial charge on any atom is -0.445 e. The molecule has 0 amide bonds. The van der Waals surface area contributed by atoms with Gasteiger partial charge in [-0.25, -0.2) is 0 Å². The van der Waals surface area contributed by atoms with Crippen molar-refractivity contribution in [3.05, 3.63) is 108 Å². The van der Waals surface area contributed by atoms with E-state index >= 15 is 0 Å². The number of carbonyl (C=O) groups excluding carboxylic acids is 2. The fourth-order valence-corrected chi connectivity index (χ4v) is 3.85. The third kappa shape index (κ3) is 2.76. The van der Waals surface area contributed by atoms with Crippen LogP contribution in [-0.2, 0) is 20.5 Å². The Hall–Kier alpha value is -3.20. The molecule has 0 N–H and O–H groups in total. The van der Waals surface area contributed by atoms with Crippen molar-refractivity contribution < 1.29 is 14.3 Å². The number of esters is 1. The van der Waals surface area contributed by atoms with Crippen LogP contribution in [-0.4, -0.2) is 11.8 Å². The van der Waals surface area contributed by atoms with E-state index in [9.17, 15) is 9.59 Å². The lowest BCUT2D eigenvalue weighted by Gasteiger charge is -2.28. The van der Waals surface area contributed by atoms with Gasteiger partial charge < -0.3 is 4.74 Å². The summed E-state index contributed by atoms with van der Waals surface area (Å²) in [6.07, 6.45) is 0.264. The lowest BCUT2D eigenvalue weighted by molar-refractivity contribution is -0.149. The van der Waals surface area contributed by atoms with Crippen molar-refractivity contribution in [3.63, 3.8) is 0 Å². The minimum absolute atomic E-state index is 0.192. The second kappa shape index (κ2) is 6.51. The van der Waals surface area contributed by atoms with Crippen LogP contribution >= 0.6 is 0 Å². The number of rotatable bonds is 4. The molecule has 1 saturated heterocycles. The summed E-state index contributed by atoms with van der Waals surface area (Å²) in [5.41, 5.74) is -0.127. The molecule has 1 aliphatic heterocycles. The smallest absolute Gasteiger partial charge is 0.317 e. The van der Waals surface area contributed by atoms with Gasteiger partial charge in [-0.3, -0.25) is 9.59 Å².